The van der Waals surface area contributed by atoms with Crippen LogP contribution in [0.1, 0.15) is 24.9 Å². The molecule has 2 amide bonds. The first kappa shape index (κ1) is 19.8. The van der Waals surface area contributed by atoms with Gasteiger partial charge in [0.1, 0.15) is 6.33 Å². The molecule has 3 rings (SSSR count). The van der Waals surface area contributed by atoms with Gasteiger partial charge in [0.25, 0.3) is 0 Å². The summed E-state index contributed by atoms with van der Waals surface area (Å²) in [5, 5.41) is 13.7. The second-order valence-corrected chi connectivity index (χ2v) is 7.32. The van der Waals surface area contributed by atoms with Crippen molar-refractivity contribution in [3.8, 4) is 11.4 Å². The van der Waals surface area contributed by atoms with Gasteiger partial charge in [0.05, 0.1) is 12.5 Å². The SMILES string of the molecule is CC(=O)NC(CC(=O)Nc1cccc(-c2nncn2C)c1)c1ccc(Br)cc1. The second-order valence-electron chi connectivity index (χ2n) is 6.40. The van der Waals surface area contributed by atoms with E-state index in [1.165, 1.54) is 6.92 Å². The summed E-state index contributed by atoms with van der Waals surface area (Å²) in [6.45, 7) is 1.44. The molecule has 144 valence electrons. The average molecular weight is 442 g/mol. The van der Waals surface area contributed by atoms with Crippen LogP contribution in [-0.2, 0) is 16.6 Å². The Bertz CT molecular complexity index is 984. The fourth-order valence-electron chi connectivity index (χ4n) is 2.87. The summed E-state index contributed by atoms with van der Waals surface area (Å²) < 4.78 is 2.74. The summed E-state index contributed by atoms with van der Waals surface area (Å²) in [5.41, 5.74) is 2.37. The van der Waals surface area contributed by atoms with Crippen molar-refractivity contribution in [2.45, 2.75) is 19.4 Å². The Hall–Kier alpha value is -3.00. The molecule has 1 heterocycles. The molecule has 3 aromatic rings. The minimum Gasteiger partial charge on any atom is -0.349 e. The Balaban J connectivity index is 1.73. The van der Waals surface area contributed by atoms with Gasteiger partial charge in [0.15, 0.2) is 5.82 Å². The monoisotopic (exact) mass is 441 g/mol. The number of anilines is 1. The highest BCUT2D eigenvalue weighted by Crippen LogP contribution is 2.23. The van der Waals surface area contributed by atoms with Crippen molar-refractivity contribution < 1.29 is 9.59 Å². The Kier molecular flexibility index (Phi) is 6.20. The van der Waals surface area contributed by atoms with Crippen molar-refractivity contribution in [1.82, 2.24) is 20.1 Å². The third kappa shape index (κ3) is 5.04. The van der Waals surface area contributed by atoms with Gasteiger partial charge in [0.2, 0.25) is 11.8 Å². The third-order valence-electron chi connectivity index (χ3n) is 4.16. The molecular formula is C20H20BrN5O2. The lowest BCUT2D eigenvalue weighted by Crippen LogP contribution is -2.29. The molecule has 2 aromatic carbocycles. The predicted molar refractivity (Wildman–Crippen MR) is 110 cm³/mol. The van der Waals surface area contributed by atoms with Crippen LogP contribution < -0.4 is 10.6 Å². The van der Waals surface area contributed by atoms with E-state index in [9.17, 15) is 9.59 Å². The van der Waals surface area contributed by atoms with Crippen LogP contribution >= 0.6 is 15.9 Å². The van der Waals surface area contributed by atoms with E-state index in [1.54, 1.807) is 10.9 Å². The number of hydrogen-bond donors (Lipinski definition) is 2. The fourth-order valence-corrected chi connectivity index (χ4v) is 3.14. The quantitative estimate of drug-likeness (QED) is 0.612. The maximum atomic E-state index is 12.6. The third-order valence-corrected chi connectivity index (χ3v) is 4.68. The fraction of sp³-hybridized carbons (Fsp3) is 0.200. The normalized spacial score (nSPS) is 11.7. The van der Waals surface area contributed by atoms with Gasteiger partial charge < -0.3 is 15.2 Å². The zero-order chi connectivity index (χ0) is 20.1. The minimum absolute atomic E-state index is 0.120. The Morgan fingerprint density at radius 1 is 1.18 bits per heavy atom. The van der Waals surface area contributed by atoms with E-state index in [0.29, 0.717) is 11.5 Å². The van der Waals surface area contributed by atoms with Crippen LogP contribution in [0.2, 0.25) is 0 Å². The molecule has 0 fully saturated rings. The molecule has 0 saturated carbocycles. The van der Waals surface area contributed by atoms with E-state index in [-0.39, 0.29) is 18.2 Å². The van der Waals surface area contributed by atoms with Crippen molar-refractivity contribution in [3.05, 3.63) is 64.9 Å². The molecule has 0 aliphatic rings. The van der Waals surface area contributed by atoms with E-state index in [2.05, 4.69) is 36.8 Å². The Morgan fingerprint density at radius 3 is 2.57 bits per heavy atom. The van der Waals surface area contributed by atoms with Crippen LogP contribution in [0.5, 0.6) is 0 Å². The van der Waals surface area contributed by atoms with Crippen molar-refractivity contribution >= 4 is 33.4 Å². The number of aryl methyl sites for hydroxylation is 1. The molecule has 0 radical (unpaired) electrons. The van der Waals surface area contributed by atoms with Gasteiger partial charge in [-0.1, -0.05) is 40.2 Å². The number of nitrogens with zero attached hydrogens (tertiary/aromatic N) is 3. The van der Waals surface area contributed by atoms with Crippen LogP contribution in [0.25, 0.3) is 11.4 Å². The molecule has 2 N–H and O–H groups in total. The van der Waals surface area contributed by atoms with Crippen molar-refractivity contribution in [3.63, 3.8) is 0 Å². The molecule has 1 aromatic heterocycles. The Morgan fingerprint density at radius 2 is 1.93 bits per heavy atom. The van der Waals surface area contributed by atoms with Crippen molar-refractivity contribution in [2.75, 3.05) is 5.32 Å². The number of hydrogen-bond acceptors (Lipinski definition) is 4. The summed E-state index contributed by atoms with van der Waals surface area (Å²) in [4.78, 5) is 24.2. The number of amides is 2. The Labute approximate surface area is 171 Å². The van der Waals surface area contributed by atoms with Crippen LogP contribution in [0.15, 0.2) is 59.3 Å². The standard InChI is InChI=1S/C20H20BrN5O2/c1-13(27)23-18(14-6-8-16(21)9-7-14)11-19(28)24-17-5-3-4-15(10-17)20-25-22-12-26(20)2/h3-10,12,18H,11H2,1-2H3,(H,23,27)(H,24,28). The summed E-state index contributed by atoms with van der Waals surface area (Å²) in [6, 6.07) is 14.5. The van der Waals surface area contributed by atoms with Gasteiger partial charge in [-0.3, -0.25) is 9.59 Å². The first-order valence-corrected chi connectivity index (χ1v) is 9.48. The van der Waals surface area contributed by atoms with Gasteiger partial charge >= 0.3 is 0 Å². The molecular weight excluding hydrogens is 422 g/mol. The lowest BCUT2D eigenvalue weighted by Gasteiger charge is -2.18. The maximum absolute atomic E-state index is 12.6. The van der Waals surface area contributed by atoms with Crippen LogP contribution in [0.4, 0.5) is 5.69 Å². The second kappa shape index (κ2) is 8.79. The zero-order valence-corrected chi connectivity index (χ0v) is 17.1. The highest BCUT2D eigenvalue weighted by atomic mass is 79.9. The summed E-state index contributed by atoms with van der Waals surface area (Å²) in [7, 11) is 1.86. The zero-order valence-electron chi connectivity index (χ0n) is 15.5. The predicted octanol–water partition coefficient (Wildman–Crippen LogP) is 3.45. The van der Waals surface area contributed by atoms with Crippen LogP contribution in [0, 0.1) is 0 Å². The van der Waals surface area contributed by atoms with Gasteiger partial charge in [-0.25, -0.2) is 0 Å². The van der Waals surface area contributed by atoms with E-state index in [1.807, 2.05) is 55.6 Å². The van der Waals surface area contributed by atoms with E-state index in [4.69, 9.17) is 0 Å². The molecule has 28 heavy (non-hydrogen) atoms. The van der Waals surface area contributed by atoms with Gasteiger partial charge in [-0.2, -0.15) is 0 Å². The average Bonchev–Trinajstić information content (AvgIpc) is 3.07. The number of halogens is 1. The smallest absolute Gasteiger partial charge is 0.226 e. The first-order valence-electron chi connectivity index (χ1n) is 8.69. The summed E-state index contributed by atoms with van der Waals surface area (Å²) in [6.07, 6.45) is 1.74. The molecule has 1 unspecified atom stereocenters. The molecule has 0 aliphatic heterocycles. The van der Waals surface area contributed by atoms with Gasteiger partial charge in [-0.15, -0.1) is 10.2 Å². The number of aromatic nitrogens is 3. The number of carbonyl (C=O) groups excluding carboxylic acids is 2. The number of carbonyl (C=O) groups is 2. The van der Waals surface area contributed by atoms with Crippen molar-refractivity contribution in [1.29, 1.82) is 0 Å². The molecule has 1 atom stereocenters. The van der Waals surface area contributed by atoms with Crippen LogP contribution in [0.3, 0.4) is 0 Å². The molecule has 0 aliphatic carbocycles. The molecule has 7 nitrogen and oxygen atoms in total. The molecule has 0 spiro atoms. The number of rotatable bonds is 6. The lowest BCUT2D eigenvalue weighted by atomic mass is 10.0. The number of nitrogens with one attached hydrogen (secondary N) is 2. The topological polar surface area (TPSA) is 88.9 Å². The number of benzene rings is 2. The van der Waals surface area contributed by atoms with E-state index < -0.39 is 6.04 Å². The van der Waals surface area contributed by atoms with Crippen molar-refractivity contribution in [2.24, 2.45) is 7.05 Å². The highest BCUT2D eigenvalue weighted by molar-refractivity contribution is 9.10. The van der Waals surface area contributed by atoms with E-state index in [0.717, 1.165) is 15.6 Å². The van der Waals surface area contributed by atoms with Gasteiger partial charge in [-0.05, 0) is 29.8 Å². The summed E-state index contributed by atoms with van der Waals surface area (Å²) in [5.74, 6) is 0.323. The first-order chi connectivity index (χ1) is 13.4. The molecule has 8 heteroatoms. The minimum atomic E-state index is -0.410. The molecule has 0 bridgehead atoms. The van der Waals surface area contributed by atoms with Gasteiger partial charge in [0, 0.05) is 29.7 Å². The largest absolute Gasteiger partial charge is 0.349 e. The van der Waals surface area contributed by atoms with E-state index >= 15 is 0 Å². The maximum Gasteiger partial charge on any atom is 0.226 e. The lowest BCUT2D eigenvalue weighted by molar-refractivity contribution is -0.120. The van der Waals surface area contributed by atoms with Crippen LogP contribution in [-0.4, -0.2) is 26.6 Å². The summed E-state index contributed by atoms with van der Waals surface area (Å²) >= 11 is 3.39. The molecule has 0 saturated heterocycles. The highest BCUT2D eigenvalue weighted by Gasteiger charge is 2.17.